The monoisotopic (exact) mass is 779 g/mol. The number of Topliss-reactive ketones (excluding diaryl/α,β-unsaturated/α-hetero) is 2. The lowest BCUT2D eigenvalue weighted by atomic mass is 9.92. The number of amides is 1. The maximum atomic E-state index is 12.9. The van der Waals surface area contributed by atoms with Gasteiger partial charge in [-0.2, -0.15) is 0 Å². The molecular weight excluding hydrogens is 731 g/mol. The van der Waals surface area contributed by atoms with Crippen molar-refractivity contribution >= 4 is 29.2 Å². The zero-order valence-corrected chi connectivity index (χ0v) is 32.6. The van der Waals surface area contributed by atoms with Crippen LogP contribution in [0.15, 0.2) is 89.8 Å². The maximum absolute atomic E-state index is 12.9. The van der Waals surface area contributed by atoms with Crippen LogP contribution >= 0.6 is 11.8 Å². The van der Waals surface area contributed by atoms with Gasteiger partial charge in [0.25, 0.3) is 5.91 Å². The van der Waals surface area contributed by atoms with Gasteiger partial charge < -0.3 is 33.7 Å². The van der Waals surface area contributed by atoms with Gasteiger partial charge in [0.05, 0.1) is 30.9 Å². The van der Waals surface area contributed by atoms with E-state index in [1.807, 2.05) is 42.5 Å². The number of phenols is 1. The third-order valence-corrected chi connectivity index (χ3v) is 11.7. The molecule has 2 aliphatic heterocycles. The second-order valence-corrected chi connectivity index (χ2v) is 15.7. The molecule has 7 rings (SSSR count). The topological polar surface area (TPSA) is 121 Å². The molecular formula is C45H49NO9S. The third kappa shape index (κ3) is 9.93. The number of benzene rings is 4. The first-order valence-corrected chi connectivity index (χ1v) is 20.4. The summed E-state index contributed by atoms with van der Waals surface area (Å²) < 4.78 is 29.9. The van der Waals surface area contributed by atoms with Crippen LogP contribution in [0.2, 0.25) is 0 Å². The number of hydrogen-bond donors (Lipinski definition) is 1. The molecule has 1 N–H and O–H groups in total. The van der Waals surface area contributed by atoms with Crippen molar-refractivity contribution in [1.29, 1.82) is 0 Å². The molecule has 4 aromatic carbocycles. The maximum Gasteiger partial charge on any atom is 0.255 e. The number of thioether (sulfide) groups is 1. The minimum Gasteiger partial charge on any atom is -0.508 e. The van der Waals surface area contributed by atoms with E-state index in [1.165, 1.54) is 11.1 Å². The number of hydrogen-bond acceptors (Lipinski definition) is 10. The summed E-state index contributed by atoms with van der Waals surface area (Å²) >= 11 is 1.72. The molecule has 11 heteroatoms. The SMILES string of the molecule is Cc1ccc(C2Sc3cc(O)ccc3C2Oc2ccc(OCCCCOCCCOCCCOc3ccc4c(c3)CN(C3CCC(=O)CC3=O)C4=O)cc2)cc1. The number of carbonyl (C=O) groups excluding carboxylic acids is 3. The summed E-state index contributed by atoms with van der Waals surface area (Å²) in [7, 11) is 0. The molecule has 4 aromatic rings. The van der Waals surface area contributed by atoms with Crippen molar-refractivity contribution in [2.24, 2.45) is 0 Å². The molecule has 1 aliphatic carbocycles. The Morgan fingerprint density at radius 1 is 0.732 bits per heavy atom. The Bertz CT molecular complexity index is 1980. The molecule has 1 amide bonds. The zero-order chi connectivity index (χ0) is 38.9. The van der Waals surface area contributed by atoms with Crippen molar-refractivity contribution < 1.29 is 43.2 Å². The smallest absolute Gasteiger partial charge is 0.255 e. The Balaban J connectivity index is 0.717. The number of ketones is 2. The van der Waals surface area contributed by atoms with Crippen LogP contribution in [-0.2, 0) is 25.6 Å². The van der Waals surface area contributed by atoms with Gasteiger partial charge in [0.1, 0.15) is 34.9 Å². The van der Waals surface area contributed by atoms with Gasteiger partial charge in [-0.25, -0.2) is 0 Å². The minimum atomic E-state index is -0.517. The Hall–Kier alpha value is -4.84. The molecule has 2 heterocycles. The molecule has 3 unspecified atom stereocenters. The van der Waals surface area contributed by atoms with E-state index in [0.29, 0.717) is 70.3 Å². The van der Waals surface area contributed by atoms with Crippen molar-refractivity contribution in [3.63, 3.8) is 0 Å². The summed E-state index contributed by atoms with van der Waals surface area (Å²) in [5.74, 6) is 2.14. The molecule has 0 spiro atoms. The second kappa shape index (κ2) is 18.9. The molecule has 3 atom stereocenters. The largest absolute Gasteiger partial charge is 0.508 e. The van der Waals surface area contributed by atoms with Crippen LogP contribution in [0, 0.1) is 6.92 Å². The molecule has 0 saturated heterocycles. The van der Waals surface area contributed by atoms with E-state index in [9.17, 15) is 19.5 Å². The third-order valence-electron chi connectivity index (χ3n) is 10.3. The first-order valence-electron chi connectivity index (χ1n) is 19.5. The highest BCUT2D eigenvalue weighted by molar-refractivity contribution is 8.00. The summed E-state index contributed by atoms with van der Waals surface area (Å²) in [4.78, 5) is 39.5. The minimum absolute atomic E-state index is 0.0492. The lowest BCUT2D eigenvalue weighted by Crippen LogP contribution is -2.44. The summed E-state index contributed by atoms with van der Waals surface area (Å²) in [5.41, 5.74) is 4.93. The lowest BCUT2D eigenvalue weighted by Gasteiger charge is -2.29. The fourth-order valence-electron chi connectivity index (χ4n) is 7.27. The van der Waals surface area contributed by atoms with Crippen LogP contribution in [0.1, 0.15) is 88.9 Å². The number of carbonyl (C=O) groups is 3. The van der Waals surface area contributed by atoms with Gasteiger partial charge in [-0.3, -0.25) is 14.4 Å². The van der Waals surface area contributed by atoms with E-state index in [-0.39, 0.29) is 41.0 Å². The first kappa shape index (κ1) is 39.4. The number of ether oxygens (including phenoxy) is 5. The number of nitrogens with zero attached hydrogens (tertiary/aromatic N) is 1. The van der Waals surface area contributed by atoms with Crippen LogP contribution in [0.25, 0.3) is 0 Å². The Kier molecular flexibility index (Phi) is 13.3. The Morgan fingerprint density at radius 3 is 2.16 bits per heavy atom. The molecule has 0 aromatic heterocycles. The highest BCUT2D eigenvalue weighted by atomic mass is 32.2. The number of phenolic OH excluding ortho intramolecular Hbond substituents is 1. The molecule has 294 valence electrons. The van der Waals surface area contributed by atoms with Crippen LogP contribution in [-0.4, -0.2) is 73.2 Å². The molecule has 10 nitrogen and oxygen atoms in total. The van der Waals surface area contributed by atoms with Crippen molar-refractivity contribution in [2.45, 2.75) is 80.7 Å². The van der Waals surface area contributed by atoms with Crippen molar-refractivity contribution in [2.75, 3.05) is 39.6 Å². The quantitative estimate of drug-likeness (QED) is 0.0734. The Morgan fingerprint density at radius 2 is 1.39 bits per heavy atom. The van der Waals surface area contributed by atoms with Gasteiger partial charge >= 0.3 is 0 Å². The van der Waals surface area contributed by atoms with E-state index in [4.69, 9.17) is 23.7 Å². The number of unbranched alkanes of at least 4 members (excludes halogenated alkanes) is 1. The van der Waals surface area contributed by atoms with Crippen molar-refractivity contribution in [3.8, 4) is 23.0 Å². The number of aryl methyl sites for hydroxylation is 1. The molecule has 0 radical (unpaired) electrons. The molecule has 1 saturated carbocycles. The van der Waals surface area contributed by atoms with E-state index in [1.54, 1.807) is 34.9 Å². The lowest BCUT2D eigenvalue weighted by molar-refractivity contribution is -0.133. The van der Waals surface area contributed by atoms with Crippen LogP contribution in [0.5, 0.6) is 23.0 Å². The normalized spacial score (nSPS) is 18.9. The van der Waals surface area contributed by atoms with Crippen LogP contribution in [0.3, 0.4) is 0 Å². The number of aromatic hydroxyl groups is 1. The van der Waals surface area contributed by atoms with E-state index in [0.717, 1.165) is 53.2 Å². The van der Waals surface area contributed by atoms with Gasteiger partial charge in [0, 0.05) is 61.8 Å². The van der Waals surface area contributed by atoms with E-state index in [2.05, 4.69) is 31.2 Å². The molecule has 3 aliphatic rings. The highest BCUT2D eigenvalue weighted by Gasteiger charge is 2.39. The van der Waals surface area contributed by atoms with Gasteiger partial charge in [-0.1, -0.05) is 35.9 Å². The molecule has 0 bridgehead atoms. The van der Waals surface area contributed by atoms with Crippen LogP contribution < -0.4 is 14.2 Å². The Labute approximate surface area is 332 Å². The highest BCUT2D eigenvalue weighted by Crippen LogP contribution is 2.55. The van der Waals surface area contributed by atoms with Crippen LogP contribution in [0.4, 0.5) is 0 Å². The predicted molar refractivity (Wildman–Crippen MR) is 213 cm³/mol. The van der Waals surface area contributed by atoms with Crippen molar-refractivity contribution in [3.05, 3.63) is 113 Å². The van der Waals surface area contributed by atoms with Gasteiger partial charge in [-0.15, -0.1) is 11.8 Å². The van der Waals surface area contributed by atoms with Gasteiger partial charge in [0.15, 0.2) is 5.78 Å². The summed E-state index contributed by atoms with van der Waals surface area (Å²) in [6.45, 7) is 6.06. The average molecular weight is 780 g/mol. The summed E-state index contributed by atoms with van der Waals surface area (Å²) in [6.07, 6.45) is 3.83. The van der Waals surface area contributed by atoms with E-state index < -0.39 is 6.04 Å². The molecule has 56 heavy (non-hydrogen) atoms. The zero-order valence-electron chi connectivity index (χ0n) is 31.8. The van der Waals surface area contributed by atoms with Gasteiger partial charge in [-0.05, 0) is 98.3 Å². The molecule has 1 fully saturated rings. The van der Waals surface area contributed by atoms with Gasteiger partial charge in [0.2, 0.25) is 0 Å². The summed E-state index contributed by atoms with van der Waals surface area (Å²) in [5, 5.41) is 10.1. The fourth-order valence-corrected chi connectivity index (χ4v) is 8.67. The van der Waals surface area contributed by atoms with E-state index >= 15 is 0 Å². The van der Waals surface area contributed by atoms with Crippen molar-refractivity contribution in [1.82, 2.24) is 4.90 Å². The predicted octanol–water partition coefficient (Wildman–Crippen LogP) is 8.37. The number of rotatable bonds is 19. The number of fused-ring (bicyclic) bond motifs is 2. The summed E-state index contributed by atoms with van der Waals surface area (Å²) in [6, 6.07) is 26.7. The fraction of sp³-hybridized carbons (Fsp3) is 0.400. The second-order valence-electron chi connectivity index (χ2n) is 14.5. The first-order chi connectivity index (χ1) is 27.3. The standard InChI is InChI=1S/C45H49NO9S/c1-30-6-8-31(9-7-30)44-43(39-17-10-34(48)28-42(39)56-44)55-36-14-12-35(13-15-36)53-24-3-2-20-51-21-4-22-52-23-5-25-54-37-16-18-38-32(26-37)29-46(45(38)50)40-19-11-33(47)27-41(40)49/h6-10,12-18,26,28,40,43-44,48H,2-5,11,19-25,27,29H2,1H3. The average Bonchev–Trinajstić information content (AvgIpc) is 3.71.